The lowest BCUT2D eigenvalue weighted by Gasteiger charge is -2.17. The fourth-order valence-corrected chi connectivity index (χ4v) is 3.00. The Kier molecular flexibility index (Phi) is 4.90. The maximum atomic E-state index is 12.8. The molecule has 1 aromatic carbocycles. The van der Waals surface area contributed by atoms with Gasteiger partial charge in [-0.2, -0.15) is 13.2 Å². The quantitative estimate of drug-likeness (QED) is 0.742. The Hall–Kier alpha value is -0.820. The number of benzene rings is 1. The van der Waals surface area contributed by atoms with Gasteiger partial charge in [-0.05, 0) is 43.3 Å². The van der Waals surface area contributed by atoms with Gasteiger partial charge in [0.15, 0.2) is 5.11 Å². The second kappa shape index (κ2) is 6.30. The predicted octanol–water partition coefficient (Wildman–Crippen LogP) is 4.70. The Morgan fingerprint density at radius 3 is 2.50 bits per heavy atom. The van der Waals surface area contributed by atoms with Crippen molar-refractivity contribution in [1.29, 1.82) is 0 Å². The molecule has 2 N–H and O–H groups in total. The number of anilines is 1. The van der Waals surface area contributed by atoms with Crippen molar-refractivity contribution >= 4 is 38.9 Å². The zero-order valence-corrected chi connectivity index (χ0v) is 13.0. The molecule has 0 aromatic heterocycles. The van der Waals surface area contributed by atoms with Gasteiger partial charge in [0.2, 0.25) is 0 Å². The maximum Gasteiger partial charge on any atom is 0.417 e. The third-order valence-electron chi connectivity index (χ3n) is 3.22. The first-order valence-corrected chi connectivity index (χ1v) is 7.50. The number of halogens is 4. The van der Waals surface area contributed by atoms with Crippen molar-refractivity contribution in [2.45, 2.75) is 37.9 Å². The first-order chi connectivity index (χ1) is 9.36. The van der Waals surface area contributed by atoms with Crippen molar-refractivity contribution < 1.29 is 13.2 Å². The van der Waals surface area contributed by atoms with Crippen molar-refractivity contribution in [1.82, 2.24) is 5.32 Å². The molecule has 0 aliphatic heterocycles. The molecule has 2 rings (SSSR count). The van der Waals surface area contributed by atoms with Gasteiger partial charge in [-0.25, -0.2) is 0 Å². The number of alkyl halides is 3. The van der Waals surface area contributed by atoms with Crippen LogP contribution in [0, 0.1) is 0 Å². The molecular formula is C13H14BrF3N2S. The summed E-state index contributed by atoms with van der Waals surface area (Å²) in [6, 6.07) is 4.30. The number of thiocarbonyl (C=S) groups is 1. The summed E-state index contributed by atoms with van der Waals surface area (Å²) in [7, 11) is 0. The van der Waals surface area contributed by atoms with Crippen LogP contribution in [0.15, 0.2) is 22.7 Å². The van der Waals surface area contributed by atoms with Crippen LogP contribution in [0.1, 0.15) is 31.2 Å². The second-order valence-electron chi connectivity index (χ2n) is 4.77. The molecule has 1 fully saturated rings. The number of rotatable bonds is 2. The smallest absolute Gasteiger partial charge is 0.360 e. The van der Waals surface area contributed by atoms with Crippen molar-refractivity contribution in [2.24, 2.45) is 0 Å². The molecule has 1 saturated carbocycles. The summed E-state index contributed by atoms with van der Waals surface area (Å²) in [5.74, 6) is 0. The standard InChI is InChI=1S/C13H14BrF3N2S/c14-11-6-5-9(7-10(11)13(15,16)17)19-12(20)18-8-3-1-2-4-8/h5-8H,1-4H2,(H2,18,19,20). The Morgan fingerprint density at radius 2 is 1.90 bits per heavy atom. The zero-order chi connectivity index (χ0) is 14.8. The largest absolute Gasteiger partial charge is 0.417 e. The van der Waals surface area contributed by atoms with Gasteiger partial charge in [0, 0.05) is 16.2 Å². The van der Waals surface area contributed by atoms with Gasteiger partial charge in [0.25, 0.3) is 0 Å². The number of hydrogen-bond acceptors (Lipinski definition) is 1. The first kappa shape index (κ1) is 15.6. The average molecular weight is 367 g/mol. The van der Waals surface area contributed by atoms with Gasteiger partial charge in [-0.3, -0.25) is 0 Å². The molecule has 0 unspecified atom stereocenters. The summed E-state index contributed by atoms with van der Waals surface area (Å²) < 4.78 is 38.4. The summed E-state index contributed by atoms with van der Waals surface area (Å²) in [5.41, 5.74) is -0.387. The van der Waals surface area contributed by atoms with Crippen LogP contribution >= 0.6 is 28.1 Å². The Balaban J connectivity index is 2.04. The SMILES string of the molecule is FC(F)(F)c1cc(NC(=S)NC2CCCC2)ccc1Br. The molecule has 0 heterocycles. The van der Waals surface area contributed by atoms with Crippen LogP contribution in [0.2, 0.25) is 0 Å². The van der Waals surface area contributed by atoms with Crippen LogP contribution in [0.4, 0.5) is 18.9 Å². The highest BCUT2D eigenvalue weighted by atomic mass is 79.9. The normalized spacial score (nSPS) is 16.2. The van der Waals surface area contributed by atoms with E-state index in [0.717, 1.165) is 31.7 Å². The van der Waals surface area contributed by atoms with E-state index < -0.39 is 11.7 Å². The fourth-order valence-electron chi connectivity index (χ4n) is 2.24. The molecule has 1 aromatic rings. The summed E-state index contributed by atoms with van der Waals surface area (Å²) in [4.78, 5) is 0. The predicted molar refractivity (Wildman–Crippen MR) is 80.8 cm³/mol. The van der Waals surface area contributed by atoms with E-state index in [1.54, 1.807) is 6.07 Å². The summed E-state index contributed by atoms with van der Waals surface area (Å²) in [6.07, 6.45) is 0.0382. The number of nitrogens with one attached hydrogen (secondary N) is 2. The third kappa shape index (κ3) is 4.09. The Morgan fingerprint density at radius 1 is 1.25 bits per heavy atom. The van der Waals surface area contributed by atoms with E-state index in [-0.39, 0.29) is 4.47 Å². The molecule has 7 heteroatoms. The highest BCUT2D eigenvalue weighted by Gasteiger charge is 2.33. The summed E-state index contributed by atoms with van der Waals surface area (Å²) in [6.45, 7) is 0. The minimum Gasteiger partial charge on any atom is -0.360 e. The second-order valence-corrected chi connectivity index (χ2v) is 6.03. The van der Waals surface area contributed by atoms with Crippen molar-refractivity contribution in [3.05, 3.63) is 28.2 Å². The van der Waals surface area contributed by atoms with Gasteiger partial charge in [-0.15, -0.1) is 0 Å². The molecule has 1 aliphatic rings. The van der Waals surface area contributed by atoms with Gasteiger partial charge in [-0.1, -0.05) is 28.8 Å². The van der Waals surface area contributed by atoms with Crippen molar-refractivity contribution in [2.75, 3.05) is 5.32 Å². The van der Waals surface area contributed by atoms with Crippen LogP contribution in [0.3, 0.4) is 0 Å². The molecule has 0 atom stereocenters. The minimum atomic E-state index is -4.39. The van der Waals surface area contributed by atoms with Crippen LogP contribution in [-0.4, -0.2) is 11.2 Å². The molecule has 2 nitrogen and oxygen atoms in total. The minimum absolute atomic E-state index is 0.0187. The van der Waals surface area contributed by atoms with Gasteiger partial charge < -0.3 is 10.6 Å². The molecule has 0 saturated heterocycles. The van der Waals surface area contributed by atoms with Gasteiger partial charge in [0.05, 0.1) is 5.56 Å². The molecule has 0 spiro atoms. The van der Waals surface area contributed by atoms with E-state index in [0.29, 0.717) is 16.8 Å². The van der Waals surface area contributed by atoms with Crippen LogP contribution in [0.5, 0.6) is 0 Å². The van der Waals surface area contributed by atoms with E-state index >= 15 is 0 Å². The van der Waals surface area contributed by atoms with E-state index in [9.17, 15) is 13.2 Å². The molecule has 0 radical (unpaired) electrons. The topological polar surface area (TPSA) is 24.1 Å². The number of hydrogen-bond donors (Lipinski definition) is 2. The fraction of sp³-hybridized carbons (Fsp3) is 0.462. The molecular weight excluding hydrogens is 353 g/mol. The molecule has 20 heavy (non-hydrogen) atoms. The molecule has 0 amide bonds. The van der Waals surface area contributed by atoms with Gasteiger partial charge in [0.1, 0.15) is 0 Å². The lowest BCUT2D eigenvalue weighted by Crippen LogP contribution is -2.35. The van der Waals surface area contributed by atoms with E-state index in [1.807, 2.05) is 0 Å². The molecule has 110 valence electrons. The summed E-state index contributed by atoms with van der Waals surface area (Å²) >= 11 is 8.03. The van der Waals surface area contributed by atoms with Crippen LogP contribution in [0.25, 0.3) is 0 Å². The molecule has 0 bridgehead atoms. The maximum absolute atomic E-state index is 12.8. The summed E-state index contributed by atoms with van der Waals surface area (Å²) in [5, 5.41) is 6.30. The average Bonchev–Trinajstić information content (AvgIpc) is 2.83. The third-order valence-corrected chi connectivity index (χ3v) is 4.13. The lowest BCUT2D eigenvalue weighted by atomic mass is 10.2. The monoisotopic (exact) mass is 366 g/mol. The van der Waals surface area contributed by atoms with E-state index in [4.69, 9.17) is 12.2 Å². The molecule has 1 aliphatic carbocycles. The highest BCUT2D eigenvalue weighted by molar-refractivity contribution is 9.10. The highest BCUT2D eigenvalue weighted by Crippen LogP contribution is 2.36. The Labute approximate surface area is 129 Å². The van der Waals surface area contributed by atoms with Crippen molar-refractivity contribution in [3.8, 4) is 0 Å². The van der Waals surface area contributed by atoms with E-state index in [1.165, 1.54) is 6.07 Å². The van der Waals surface area contributed by atoms with Crippen molar-refractivity contribution in [3.63, 3.8) is 0 Å². The lowest BCUT2D eigenvalue weighted by molar-refractivity contribution is -0.138. The van der Waals surface area contributed by atoms with Gasteiger partial charge >= 0.3 is 6.18 Å². The first-order valence-electron chi connectivity index (χ1n) is 6.30. The van der Waals surface area contributed by atoms with Crippen LogP contribution in [-0.2, 0) is 6.18 Å². The van der Waals surface area contributed by atoms with E-state index in [2.05, 4.69) is 26.6 Å². The zero-order valence-electron chi connectivity index (χ0n) is 10.6. The Bertz CT molecular complexity index is 499. The van der Waals surface area contributed by atoms with Crippen LogP contribution < -0.4 is 10.6 Å².